The van der Waals surface area contributed by atoms with Gasteiger partial charge in [-0.05, 0) is 24.6 Å². The first-order valence-corrected chi connectivity index (χ1v) is 9.15. The van der Waals surface area contributed by atoms with Crippen LogP contribution >= 0.6 is 11.6 Å². The van der Waals surface area contributed by atoms with Gasteiger partial charge in [0.15, 0.2) is 6.01 Å². The number of aromatic nitrogens is 1. The number of benzene rings is 1. The van der Waals surface area contributed by atoms with Crippen LogP contribution in [-0.2, 0) is 16.3 Å². The highest BCUT2D eigenvalue weighted by molar-refractivity contribution is 7.91. The molecule has 0 fully saturated rings. The Morgan fingerprint density at radius 1 is 1.36 bits per heavy atom. The SMILES string of the molecule is O=S(=O)(CF)c1cn(-c2ccc(F)c(Cl)c2)c2c1C(O)C(F)(F)CC2. The van der Waals surface area contributed by atoms with Crippen molar-refractivity contribution in [1.82, 2.24) is 4.57 Å². The highest BCUT2D eigenvalue weighted by atomic mass is 35.5. The van der Waals surface area contributed by atoms with Crippen LogP contribution in [0, 0.1) is 5.82 Å². The number of aliphatic hydroxyl groups is 1. The van der Waals surface area contributed by atoms with E-state index in [0.717, 1.165) is 12.3 Å². The monoisotopic (exact) mass is 397 g/mol. The lowest BCUT2D eigenvalue weighted by molar-refractivity contribution is -0.123. The second kappa shape index (κ2) is 6.00. The van der Waals surface area contributed by atoms with Crippen LogP contribution in [0.4, 0.5) is 17.6 Å². The van der Waals surface area contributed by atoms with Gasteiger partial charge in [0.2, 0.25) is 9.84 Å². The Balaban J connectivity index is 2.29. The summed E-state index contributed by atoms with van der Waals surface area (Å²) in [4.78, 5) is -0.711. The molecule has 1 heterocycles. The first-order chi connectivity index (χ1) is 11.6. The maximum atomic E-state index is 13.9. The first-order valence-electron chi connectivity index (χ1n) is 7.12. The fourth-order valence-electron chi connectivity index (χ4n) is 2.89. The largest absolute Gasteiger partial charge is 0.382 e. The Kier molecular flexibility index (Phi) is 4.37. The standard InChI is InChI=1S/C15H12ClF4NO3S/c16-9-5-8(1-2-10(9)18)21-6-12(25(23,24)7-17)13-11(21)3-4-15(19,20)14(13)22/h1-2,5-6,14,22H,3-4,7H2. The molecule has 1 aromatic carbocycles. The van der Waals surface area contributed by atoms with Crippen LogP contribution in [-0.4, -0.2) is 30.0 Å². The van der Waals surface area contributed by atoms with Gasteiger partial charge in [0, 0.05) is 29.6 Å². The van der Waals surface area contributed by atoms with Crippen molar-refractivity contribution in [2.45, 2.75) is 29.8 Å². The molecule has 10 heteroatoms. The molecule has 25 heavy (non-hydrogen) atoms. The molecule has 136 valence electrons. The third-order valence-electron chi connectivity index (χ3n) is 4.14. The molecule has 1 unspecified atom stereocenters. The zero-order chi connectivity index (χ0) is 18.6. The second-order valence-electron chi connectivity index (χ2n) is 5.71. The van der Waals surface area contributed by atoms with Crippen LogP contribution in [0.3, 0.4) is 0 Å². The van der Waals surface area contributed by atoms with Crippen molar-refractivity contribution < 1.29 is 31.1 Å². The number of sulfone groups is 1. The second-order valence-corrected chi connectivity index (χ2v) is 8.00. The van der Waals surface area contributed by atoms with Crippen molar-refractivity contribution in [3.63, 3.8) is 0 Å². The Labute approximate surface area is 145 Å². The molecule has 0 saturated carbocycles. The number of rotatable bonds is 3. The van der Waals surface area contributed by atoms with Gasteiger partial charge in [-0.1, -0.05) is 11.6 Å². The molecule has 1 aliphatic carbocycles. The average molecular weight is 398 g/mol. The lowest BCUT2D eigenvalue weighted by Gasteiger charge is -2.29. The minimum atomic E-state index is -4.52. The molecule has 4 nitrogen and oxygen atoms in total. The van der Waals surface area contributed by atoms with Gasteiger partial charge < -0.3 is 9.67 Å². The summed E-state index contributed by atoms with van der Waals surface area (Å²) in [6, 6.07) is 1.68. The Morgan fingerprint density at radius 2 is 2.04 bits per heavy atom. The van der Waals surface area contributed by atoms with Gasteiger partial charge in [-0.2, -0.15) is 0 Å². The molecule has 0 bridgehead atoms. The van der Waals surface area contributed by atoms with E-state index in [2.05, 4.69) is 0 Å². The third kappa shape index (κ3) is 2.94. The van der Waals surface area contributed by atoms with Gasteiger partial charge in [0.1, 0.15) is 11.9 Å². The van der Waals surface area contributed by atoms with E-state index in [1.54, 1.807) is 0 Å². The Morgan fingerprint density at radius 3 is 2.64 bits per heavy atom. The molecule has 3 rings (SSSR count). The highest BCUT2D eigenvalue weighted by Gasteiger charge is 2.47. The summed E-state index contributed by atoms with van der Waals surface area (Å²) < 4.78 is 79.1. The van der Waals surface area contributed by atoms with Crippen LogP contribution in [0.15, 0.2) is 29.3 Å². The van der Waals surface area contributed by atoms with E-state index in [9.17, 15) is 31.1 Å². The predicted octanol–water partition coefficient (Wildman–Crippen LogP) is 3.59. The molecule has 0 amide bonds. The van der Waals surface area contributed by atoms with Crippen molar-refractivity contribution in [3.05, 3.63) is 46.5 Å². The third-order valence-corrected chi connectivity index (χ3v) is 5.71. The van der Waals surface area contributed by atoms with Gasteiger partial charge in [-0.3, -0.25) is 0 Å². The van der Waals surface area contributed by atoms with Crippen LogP contribution in [0.5, 0.6) is 0 Å². The maximum Gasteiger partial charge on any atom is 0.278 e. The van der Waals surface area contributed by atoms with Gasteiger partial charge in [-0.25, -0.2) is 26.0 Å². The molecule has 0 saturated heterocycles. The van der Waals surface area contributed by atoms with E-state index in [-0.39, 0.29) is 22.8 Å². The summed E-state index contributed by atoms with van der Waals surface area (Å²) in [5.41, 5.74) is -0.233. The van der Waals surface area contributed by atoms with Crippen LogP contribution in [0.25, 0.3) is 5.69 Å². The summed E-state index contributed by atoms with van der Waals surface area (Å²) in [6.45, 7) is 0. The summed E-state index contributed by atoms with van der Waals surface area (Å²) >= 11 is 5.71. The maximum absolute atomic E-state index is 13.9. The van der Waals surface area contributed by atoms with Crippen LogP contribution in [0.2, 0.25) is 5.02 Å². The van der Waals surface area contributed by atoms with E-state index >= 15 is 0 Å². The normalized spacial score (nSPS) is 19.7. The summed E-state index contributed by atoms with van der Waals surface area (Å²) in [5.74, 6) is -4.25. The Bertz CT molecular complexity index is 942. The van der Waals surface area contributed by atoms with Crippen LogP contribution in [0.1, 0.15) is 23.8 Å². The predicted molar refractivity (Wildman–Crippen MR) is 82.1 cm³/mol. The van der Waals surface area contributed by atoms with Crippen molar-refractivity contribution in [2.75, 3.05) is 6.01 Å². The molecule has 1 aromatic heterocycles. The van der Waals surface area contributed by atoms with Gasteiger partial charge in [0.05, 0.1) is 9.92 Å². The summed E-state index contributed by atoms with van der Waals surface area (Å²) in [5, 5.41) is 9.70. The van der Waals surface area contributed by atoms with E-state index in [0.29, 0.717) is 0 Å². The quantitative estimate of drug-likeness (QED) is 0.805. The molecular weight excluding hydrogens is 386 g/mol. The number of hydrogen-bond acceptors (Lipinski definition) is 3. The molecule has 2 aromatic rings. The van der Waals surface area contributed by atoms with Gasteiger partial charge in [-0.15, -0.1) is 0 Å². The number of halogens is 5. The first kappa shape index (κ1) is 18.2. The van der Waals surface area contributed by atoms with E-state index < -0.39 is 50.6 Å². The Hall–Kier alpha value is -1.58. The van der Waals surface area contributed by atoms with Crippen molar-refractivity contribution in [1.29, 1.82) is 0 Å². The fourth-order valence-corrected chi connectivity index (χ4v) is 4.01. The number of aliphatic hydroxyl groups excluding tert-OH is 1. The summed E-state index contributed by atoms with van der Waals surface area (Å²) in [6.07, 6.45) is -2.40. The zero-order valence-corrected chi connectivity index (χ0v) is 14.1. The zero-order valence-electron chi connectivity index (χ0n) is 12.5. The fraction of sp³-hybridized carbons (Fsp3) is 0.333. The lowest BCUT2D eigenvalue weighted by Crippen LogP contribution is -2.33. The molecule has 0 radical (unpaired) electrons. The lowest BCUT2D eigenvalue weighted by atomic mass is 9.91. The van der Waals surface area contributed by atoms with Crippen molar-refractivity contribution >= 4 is 21.4 Å². The number of hydrogen-bond donors (Lipinski definition) is 1. The molecular formula is C15H12ClF4NO3S. The molecule has 0 spiro atoms. The van der Waals surface area contributed by atoms with Crippen molar-refractivity contribution in [3.8, 4) is 5.69 Å². The smallest absolute Gasteiger partial charge is 0.278 e. The van der Waals surface area contributed by atoms with Gasteiger partial charge >= 0.3 is 0 Å². The van der Waals surface area contributed by atoms with Gasteiger partial charge in [0.25, 0.3) is 5.92 Å². The molecule has 1 N–H and O–H groups in total. The molecule has 1 atom stereocenters. The highest BCUT2D eigenvalue weighted by Crippen LogP contribution is 2.45. The minimum absolute atomic E-state index is 0.0909. The minimum Gasteiger partial charge on any atom is -0.382 e. The number of nitrogens with zero attached hydrogens (tertiary/aromatic N) is 1. The van der Waals surface area contributed by atoms with E-state index in [1.807, 2.05) is 0 Å². The van der Waals surface area contributed by atoms with Crippen molar-refractivity contribution in [2.24, 2.45) is 0 Å². The van der Waals surface area contributed by atoms with E-state index in [1.165, 1.54) is 16.7 Å². The topological polar surface area (TPSA) is 59.3 Å². The average Bonchev–Trinajstić information content (AvgIpc) is 2.94. The number of alkyl halides is 3. The van der Waals surface area contributed by atoms with Crippen LogP contribution < -0.4 is 0 Å². The summed E-state index contributed by atoms with van der Waals surface area (Å²) in [7, 11) is -4.52. The number of fused-ring (bicyclic) bond motifs is 1. The molecule has 0 aliphatic heterocycles. The van der Waals surface area contributed by atoms with E-state index in [4.69, 9.17) is 11.6 Å². The molecule has 1 aliphatic rings.